The van der Waals surface area contributed by atoms with Crippen LogP contribution in [-0.2, 0) is 9.84 Å². The second-order valence-corrected chi connectivity index (χ2v) is 10.9. The number of aryl methyl sites for hydroxylation is 1. The molecule has 1 saturated carbocycles. The van der Waals surface area contributed by atoms with Crippen molar-refractivity contribution in [1.82, 2.24) is 25.1 Å². The Bertz CT molecular complexity index is 1720. The highest BCUT2D eigenvalue weighted by atomic mass is 32.2. The van der Waals surface area contributed by atoms with E-state index in [-0.39, 0.29) is 15.8 Å². The molecule has 5 aromatic rings. The van der Waals surface area contributed by atoms with Gasteiger partial charge in [0.05, 0.1) is 15.8 Å². The fourth-order valence-corrected chi connectivity index (χ4v) is 5.61. The first kappa shape index (κ1) is 22.1. The van der Waals surface area contributed by atoms with E-state index < -0.39 is 15.7 Å². The van der Waals surface area contributed by atoms with Gasteiger partial charge >= 0.3 is 0 Å². The molecule has 0 spiro atoms. The molecule has 1 N–H and O–H groups in total. The fourth-order valence-electron chi connectivity index (χ4n) is 3.95. The Labute approximate surface area is 205 Å². The zero-order valence-electron chi connectivity index (χ0n) is 19.1. The second-order valence-electron chi connectivity index (χ2n) is 8.65. The number of carbonyl (C=O) groups is 1. The molecule has 0 radical (unpaired) electrons. The van der Waals surface area contributed by atoms with Crippen LogP contribution in [0, 0.1) is 6.92 Å². The second kappa shape index (κ2) is 8.38. The van der Waals surface area contributed by atoms with Crippen molar-refractivity contribution in [2.75, 3.05) is 5.32 Å². The highest BCUT2D eigenvalue weighted by Crippen LogP contribution is 2.34. The Morgan fingerprint density at radius 1 is 1.00 bits per heavy atom. The highest BCUT2D eigenvalue weighted by molar-refractivity contribution is 7.92. The largest absolute Gasteiger partial charge is 0.321 e. The van der Waals surface area contributed by atoms with Crippen LogP contribution in [0.15, 0.2) is 76.3 Å². The molecule has 3 aromatic heterocycles. The molecule has 2 aromatic carbocycles. The van der Waals surface area contributed by atoms with Crippen molar-refractivity contribution in [2.45, 2.75) is 29.9 Å². The van der Waals surface area contributed by atoms with E-state index in [0.717, 1.165) is 11.3 Å². The molecule has 11 heteroatoms. The lowest BCUT2D eigenvalue weighted by molar-refractivity contribution is 0.102. The Hall–Kier alpha value is -4.38. The third kappa shape index (κ3) is 4.03. The summed E-state index contributed by atoms with van der Waals surface area (Å²) in [4.78, 5) is 17.9. The van der Waals surface area contributed by atoms with Gasteiger partial charge in [-0.15, -0.1) is 0 Å². The highest BCUT2D eigenvalue weighted by Gasteiger charge is 2.36. The van der Waals surface area contributed by atoms with Gasteiger partial charge in [0.2, 0.25) is 0 Å². The summed E-state index contributed by atoms with van der Waals surface area (Å²) in [5, 5.41) is 14.8. The van der Waals surface area contributed by atoms with Crippen molar-refractivity contribution >= 4 is 32.5 Å². The topological polar surface area (TPSA) is 133 Å². The van der Waals surface area contributed by atoms with Crippen molar-refractivity contribution in [3.8, 4) is 17.1 Å². The average Bonchev–Trinajstić information content (AvgIpc) is 3.48. The smallest absolute Gasteiger partial charge is 0.276 e. The van der Waals surface area contributed by atoms with E-state index in [2.05, 4.69) is 25.7 Å². The molecule has 1 amide bonds. The first-order valence-corrected chi connectivity index (χ1v) is 12.9. The van der Waals surface area contributed by atoms with Gasteiger partial charge in [0, 0.05) is 16.9 Å². The Morgan fingerprint density at radius 2 is 1.78 bits per heavy atom. The summed E-state index contributed by atoms with van der Waals surface area (Å²) in [6.07, 6.45) is 1.39. The summed E-state index contributed by atoms with van der Waals surface area (Å²) in [5.74, 6) is 0.113. The van der Waals surface area contributed by atoms with Crippen LogP contribution in [0.1, 0.15) is 29.0 Å². The summed E-state index contributed by atoms with van der Waals surface area (Å²) in [6.45, 7) is 1.88. The minimum atomic E-state index is -3.29. The van der Waals surface area contributed by atoms with Gasteiger partial charge in [-0.3, -0.25) is 4.79 Å². The lowest BCUT2D eigenvalue weighted by Crippen LogP contribution is -2.14. The molecule has 1 fully saturated rings. The molecule has 0 aliphatic heterocycles. The van der Waals surface area contributed by atoms with Crippen LogP contribution in [0.3, 0.4) is 0 Å². The van der Waals surface area contributed by atoms with Crippen LogP contribution in [-0.4, -0.2) is 44.7 Å². The average molecular weight is 501 g/mol. The summed E-state index contributed by atoms with van der Waals surface area (Å²) in [5.41, 5.74) is 4.01. The monoisotopic (exact) mass is 500 g/mol. The van der Waals surface area contributed by atoms with Gasteiger partial charge < -0.3 is 5.32 Å². The summed E-state index contributed by atoms with van der Waals surface area (Å²) < 4.78 is 31.3. The SMILES string of the molecule is Cc1cccc(-n2nc(C(=O)Nc3ccc(S(=O)(=O)C4CC4)cc3)cc2-c2ccc3nonc3c2)n1. The maximum Gasteiger partial charge on any atom is 0.276 e. The van der Waals surface area contributed by atoms with Gasteiger partial charge in [-0.25, -0.2) is 22.7 Å². The number of hydrogen-bond donors (Lipinski definition) is 1. The maximum absolute atomic E-state index is 13.1. The van der Waals surface area contributed by atoms with E-state index in [9.17, 15) is 13.2 Å². The van der Waals surface area contributed by atoms with Crippen molar-refractivity contribution in [2.24, 2.45) is 0 Å². The number of carbonyl (C=O) groups excluding carboxylic acids is 1. The Morgan fingerprint density at radius 3 is 2.53 bits per heavy atom. The quantitative estimate of drug-likeness (QED) is 0.370. The number of fused-ring (bicyclic) bond motifs is 1. The van der Waals surface area contributed by atoms with E-state index in [1.807, 2.05) is 25.1 Å². The fraction of sp³-hybridized carbons (Fsp3) is 0.160. The van der Waals surface area contributed by atoms with E-state index in [1.54, 1.807) is 41.1 Å². The van der Waals surface area contributed by atoms with Crippen LogP contribution in [0.4, 0.5) is 5.69 Å². The first-order valence-electron chi connectivity index (χ1n) is 11.3. The third-order valence-electron chi connectivity index (χ3n) is 5.99. The summed E-state index contributed by atoms with van der Waals surface area (Å²) in [6, 6.07) is 18.8. The molecule has 1 aliphatic carbocycles. The standard InChI is InChI=1S/C25H20N6O4S/c1-15-3-2-4-24(26-15)31-23(16-5-12-20-21(13-16)30-35-29-20)14-22(28-31)25(32)27-17-6-8-18(9-7-17)36(33,34)19-10-11-19/h2-9,12-14,19H,10-11H2,1H3,(H,27,32). The van der Waals surface area contributed by atoms with Gasteiger partial charge in [0.25, 0.3) is 5.91 Å². The molecule has 0 unspecified atom stereocenters. The number of nitrogens with zero attached hydrogens (tertiary/aromatic N) is 5. The molecule has 0 atom stereocenters. The molecule has 36 heavy (non-hydrogen) atoms. The molecule has 1 aliphatic rings. The third-order valence-corrected chi connectivity index (χ3v) is 8.26. The lowest BCUT2D eigenvalue weighted by Gasteiger charge is -2.07. The van der Waals surface area contributed by atoms with Crippen LogP contribution < -0.4 is 5.32 Å². The first-order chi connectivity index (χ1) is 17.4. The van der Waals surface area contributed by atoms with E-state index in [1.165, 1.54) is 12.1 Å². The molecule has 3 heterocycles. The van der Waals surface area contributed by atoms with Crippen molar-refractivity contribution < 1.29 is 17.8 Å². The summed E-state index contributed by atoms with van der Waals surface area (Å²) in [7, 11) is -3.29. The maximum atomic E-state index is 13.1. The number of amides is 1. The minimum Gasteiger partial charge on any atom is -0.321 e. The van der Waals surface area contributed by atoms with Crippen molar-refractivity contribution in [3.05, 3.63) is 78.1 Å². The molecule has 180 valence electrons. The van der Waals surface area contributed by atoms with Gasteiger partial charge in [-0.05, 0) is 84.7 Å². The zero-order chi connectivity index (χ0) is 24.9. The summed E-state index contributed by atoms with van der Waals surface area (Å²) >= 11 is 0. The van der Waals surface area contributed by atoms with E-state index >= 15 is 0 Å². The number of pyridine rings is 1. The number of benzene rings is 2. The Balaban J connectivity index is 1.34. The number of nitrogens with one attached hydrogen (secondary N) is 1. The molecule has 0 bridgehead atoms. The van der Waals surface area contributed by atoms with Gasteiger partial charge in [-0.1, -0.05) is 12.1 Å². The van der Waals surface area contributed by atoms with E-state index in [4.69, 9.17) is 4.63 Å². The molecular weight excluding hydrogens is 480 g/mol. The normalized spacial score (nSPS) is 13.7. The zero-order valence-corrected chi connectivity index (χ0v) is 19.9. The minimum absolute atomic E-state index is 0.168. The lowest BCUT2D eigenvalue weighted by atomic mass is 10.1. The predicted molar refractivity (Wildman–Crippen MR) is 131 cm³/mol. The van der Waals surface area contributed by atoms with Gasteiger partial charge in [0.15, 0.2) is 21.3 Å². The van der Waals surface area contributed by atoms with Crippen molar-refractivity contribution in [3.63, 3.8) is 0 Å². The van der Waals surface area contributed by atoms with Crippen LogP contribution in [0.2, 0.25) is 0 Å². The predicted octanol–water partition coefficient (Wildman–Crippen LogP) is 3.97. The molecule has 0 saturated heterocycles. The van der Waals surface area contributed by atoms with E-state index in [0.29, 0.717) is 41.1 Å². The van der Waals surface area contributed by atoms with Crippen LogP contribution in [0.25, 0.3) is 28.1 Å². The number of anilines is 1. The molecular formula is C25H20N6O4S. The Kier molecular flexibility index (Phi) is 5.15. The number of aromatic nitrogens is 5. The number of rotatable bonds is 6. The molecule has 10 nitrogen and oxygen atoms in total. The van der Waals surface area contributed by atoms with Crippen LogP contribution >= 0.6 is 0 Å². The van der Waals surface area contributed by atoms with Gasteiger partial charge in [0.1, 0.15) is 11.0 Å². The van der Waals surface area contributed by atoms with Crippen molar-refractivity contribution in [1.29, 1.82) is 0 Å². The van der Waals surface area contributed by atoms with Gasteiger partial charge in [-0.2, -0.15) is 5.10 Å². The molecule has 6 rings (SSSR count). The number of hydrogen-bond acceptors (Lipinski definition) is 8. The number of sulfone groups is 1. The van der Waals surface area contributed by atoms with Crippen LogP contribution in [0.5, 0.6) is 0 Å².